The van der Waals surface area contributed by atoms with Crippen LogP contribution in [0.2, 0.25) is 0 Å². The van der Waals surface area contributed by atoms with Gasteiger partial charge in [-0.2, -0.15) is 0 Å². The fraction of sp³-hybridized carbons (Fsp3) is 0.214. The largest absolute Gasteiger partial charge is 0.286 e. The number of carbonyl (C=O) groups excluding carboxylic acids is 3. The Hall–Kier alpha value is -2.63. The third-order valence-electron chi connectivity index (χ3n) is 2.96. The molecule has 1 aliphatic heterocycles. The number of amides is 3. The molecule has 102 valence electrons. The lowest BCUT2D eigenvalue weighted by Gasteiger charge is -2.14. The Labute approximate surface area is 115 Å². The first-order chi connectivity index (χ1) is 9.61. The lowest BCUT2D eigenvalue weighted by atomic mass is 10.1. The first kappa shape index (κ1) is 13.8. The van der Waals surface area contributed by atoms with E-state index in [0.29, 0.717) is 18.5 Å². The number of rotatable bonds is 5. The van der Waals surface area contributed by atoms with Gasteiger partial charge in [0.15, 0.2) is 0 Å². The molecule has 0 aliphatic carbocycles. The Bertz CT molecular complexity index is 572. The van der Waals surface area contributed by atoms with E-state index in [9.17, 15) is 19.3 Å². The van der Waals surface area contributed by atoms with Gasteiger partial charge in [0.25, 0.3) is 17.7 Å². The van der Waals surface area contributed by atoms with Crippen molar-refractivity contribution in [3.05, 3.63) is 46.9 Å². The number of hydrogen-bond donors (Lipinski definition) is 0. The molecule has 0 saturated carbocycles. The third-order valence-corrected chi connectivity index (χ3v) is 2.96. The molecule has 1 aromatic carbocycles. The maximum atomic E-state index is 11.5. The number of aryl methyl sites for hydroxylation is 1. The molecule has 1 aromatic rings. The van der Waals surface area contributed by atoms with Crippen molar-refractivity contribution in [2.75, 3.05) is 4.90 Å². The highest BCUT2D eigenvalue weighted by Crippen LogP contribution is 2.20. The van der Waals surface area contributed by atoms with E-state index < -0.39 is 5.91 Å². The topological polar surface area (TPSA) is 83.9 Å². The zero-order valence-electron chi connectivity index (χ0n) is 10.6. The summed E-state index contributed by atoms with van der Waals surface area (Å²) in [6, 6.07) is 6.93. The summed E-state index contributed by atoms with van der Waals surface area (Å²) in [5.74, 6) is -1.36. The first-order valence-electron chi connectivity index (χ1n) is 6.13. The highest BCUT2D eigenvalue weighted by Gasteiger charge is 2.24. The van der Waals surface area contributed by atoms with Crippen molar-refractivity contribution in [3.63, 3.8) is 0 Å². The molecule has 1 heterocycles. The van der Waals surface area contributed by atoms with Gasteiger partial charge in [-0.15, -0.1) is 4.91 Å². The Morgan fingerprint density at radius 3 is 2.20 bits per heavy atom. The van der Waals surface area contributed by atoms with Crippen LogP contribution in [0.25, 0.3) is 0 Å². The Morgan fingerprint density at radius 2 is 1.65 bits per heavy atom. The molecule has 0 bridgehead atoms. The molecule has 0 saturated heterocycles. The van der Waals surface area contributed by atoms with Crippen molar-refractivity contribution in [1.29, 1.82) is 0 Å². The zero-order valence-corrected chi connectivity index (χ0v) is 10.6. The maximum absolute atomic E-state index is 11.5. The van der Waals surface area contributed by atoms with Gasteiger partial charge in [-0.05, 0) is 30.5 Å². The van der Waals surface area contributed by atoms with Crippen LogP contribution in [0.4, 0.5) is 5.69 Å². The Kier molecular flexibility index (Phi) is 4.14. The number of imide groups is 1. The van der Waals surface area contributed by atoms with E-state index >= 15 is 0 Å². The monoisotopic (exact) mass is 272 g/mol. The Morgan fingerprint density at radius 1 is 1.05 bits per heavy atom. The molecular formula is C14H12N2O4. The molecule has 1 aliphatic rings. The van der Waals surface area contributed by atoms with Crippen molar-refractivity contribution < 1.29 is 14.4 Å². The van der Waals surface area contributed by atoms with E-state index in [1.54, 1.807) is 24.3 Å². The fourth-order valence-corrected chi connectivity index (χ4v) is 1.96. The summed E-state index contributed by atoms with van der Waals surface area (Å²) in [5.41, 5.74) is 1.47. The molecule has 0 unspecified atom stereocenters. The number of nitroso groups, excluding NO2 is 1. The zero-order chi connectivity index (χ0) is 14.5. The maximum Gasteiger partial charge on any atom is 0.286 e. The second-order valence-electron chi connectivity index (χ2n) is 4.35. The van der Waals surface area contributed by atoms with Gasteiger partial charge in [0.1, 0.15) is 0 Å². The van der Waals surface area contributed by atoms with Crippen LogP contribution in [0.1, 0.15) is 18.4 Å². The number of nitrogens with zero attached hydrogens (tertiary/aromatic N) is 2. The van der Waals surface area contributed by atoms with Crippen LogP contribution in [0.3, 0.4) is 0 Å². The summed E-state index contributed by atoms with van der Waals surface area (Å²) in [5, 5.41) is 2.33. The number of anilines is 1. The minimum Gasteiger partial charge on any atom is -0.269 e. The van der Waals surface area contributed by atoms with E-state index in [0.717, 1.165) is 10.5 Å². The van der Waals surface area contributed by atoms with Crippen LogP contribution in [-0.4, -0.2) is 17.7 Å². The van der Waals surface area contributed by atoms with E-state index in [4.69, 9.17) is 0 Å². The first-order valence-corrected chi connectivity index (χ1v) is 6.13. The Balaban J connectivity index is 1.96. The molecule has 0 spiro atoms. The van der Waals surface area contributed by atoms with Crippen LogP contribution in [-0.2, 0) is 20.8 Å². The van der Waals surface area contributed by atoms with E-state index in [1.807, 2.05) is 0 Å². The van der Waals surface area contributed by atoms with Gasteiger partial charge in [0.05, 0.1) is 5.69 Å². The van der Waals surface area contributed by atoms with Gasteiger partial charge in [0, 0.05) is 23.7 Å². The van der Waals surface area contributed by atoms with E-state index in [1.165, 1.54) is 12.2 Å². The quantitative estimate of drug-likeness (QED) is 0.603. The molecular weight excluding hydrogens is 260 g/mol. The van der Waals surface area contributed by atoms with Gasteiger partial charge >= 0.3 is 0 Å². The summed E-state index contributed by atoms with van der Waals surface area (Å²) in [7, 11) is 0. The summed E-state index contributed by atoms with van der Waals surface area (Å²) in [6.07, 6.45) is 3.75. The van der Waals surface area contributed by atoms with Crippen LogP contribution < -0.4 is 4.90 Å². The molecule has 20 heavy (non-hydrogen) atoms. The average Bonchev–Trinajstić information content (AvgIpc) is 2.79. The van der Waals surface area contributed by atoms with Crippen LogP contribution >= 0.6 is 0 Å². The summed E-state index contributed by atoms with van der Waals surface area (Å²) in [4.78, 5) is 44.7. The van der Waals surface area contributed by atoms with Crippen molar-refractivity contribution in [3.8, 4) is 0 Å². The molecule has 0 radical (unpaired) electrons. The number of benzene rings is 1. The highest BCUT2D eigenvalue weighted by molar-refractivity contribution is 6.28. The second kappa shape index (κ2) is 6.01. The molecule has 3 amide bonds. The number of hydrogen-bond acceptors (Lipinski definition) is 4. The predicted molar refractivity (Wildman–Crippen MR) is 71.8 cm³/mol. The van der Waals surface area contributed by atoms with Crippen LogP contribution in [0.15, 0.2) is 41.6 Å². The average molecular weight is 272 g/mol. The van der Waals surface area contributed by atoms with E-state index in [2.05, 4.69) is 5.18 Å². The molecule has 0 atom stereocenters. The lowest BCUT2D eigenvalue weighted by molar-refractivity contribution is -0.120. The van der Waals surface area contributed by atoms with Gasteiger partial charge in [-0.25, -0.2) is 4.90 Å². The minimum atomic E-state index is -0.652. The molecule has 0 fully saturated rings. The fourth-order valence-electron chi connectivity index (χ4n) is 1.96. The third kappa shape index (κ3) is 3.03. The van der Waals surface area contributed by atoms with Gasteiger partial charge < -0.3 is 0 Å². The van der Waals surface area contributed by atoms with Gasteiger partial charge in [-0.3, -0.25) is 14.4 Å². The van der Waals surface area contributed by atoms with Crippen molar-refractivity contribution >= 4 is 23.4 Å². The van der Waals surface area contributed by atoms with E-state index in [-0.39, 0.29) is 18.2 Å². The lowest BCUT2D eigenvalue weighted by Crippen LogP contribution is -2.29. The van der Waals surface area contributed by atoms with Crippen LogP contribution in [0, 0.1) is 4.91 Å². The predicted octanol–water partition coefficient (Wildman–Crippen LogP) is 1.73. The summed E-state index contributed by atoms with van der Waals surface area (Å²) < 4.78 is 0. The molecule has 6 nitrogen and oxygen atoms in total. The molecule has 0 aromatic heterocycles. The molecule has 6 heteroatoms. The van der Waals surface area contributed by atoms with Crippen molar-refractivity contribution in [1.82, 2.24) is 0 Å². The highest BCUT2D eigenvalue weighted by atomic mass is 16.3. The normalized spacial score (nSPS) is 13.9. The summed E-state index contributed by atoms with van der Waals surface area (Å²) >= 11 is 0. The number of carbonyl (C=O) groups is 3. The minimum absolute atomic E-state index is 0.123. The molecule has 0 N–H and O–H groups in total. The van der Waals surface area contributed by atoms with Gasteiger partial charge in [0.2, 0.25) is 0 Å². The van der Waals surface area contributed by atoms with Crippen molar-refractivity contribution in [2.24, 2.45) is 5.18 Å². The SMILES string of the molecule is O=NC(=O)CCCc1ccc(N2C(=O)C=CC2=O)cc1. The summed E-state index contributed by atoms with van der Waals surface area (Å²) in [6.45, 7) is 0. The smallest absolute Gasteiger partial charge is 0.269 e. The van der Waals surface area contributed by atoms with Gasteiger partial charge in [-0.1, -0.05) is 12.1 Å². The standard InChI is InChI=1S/C14H12N2O4/c17-12(15-20)3-1-2-10-4-6-11(7-5-10)16-13(18)8-9-14(16)19/h4-9H,1-3H2. The van der Waals surface area contributed by atoms with Crippen molar-refractivity contribution in [2.45, 2.75) is 19.3 Å². The van der Waals surface area contributed by atoms with Crippen LogP contribution in [0.5, 0.6) is 0 Å². The second-order valence-corrected chi connectivity index (χ2v) is 4.35. The molecule has 2 rings (SSSR count).